The zero-order valence-electron chi connectivity index (χ0n) is 20.7. The minimum Gasteiger partial charge on any atom is -0.491 e. The van der Waals surface area contributed by atoms with Crippen LogP contribution in [0.4, 0.5) is 4.39 Å². The van der Waals surface area contributed by atoms with Gasteiger partial charge in [-0.2, -0.15) is 5.26 Å². The summed E-state index contributed by atoms with van der Waals surface area (Å²) in [5.74, 6) is -0.561. The first-order chi connectivity index (χ1) is 18.3. The number of aliphatic hydroxyl groups is 1. The van der Waals surface area contributed by atoms with Crippen molar-refractivity contribution in [3.8, 4) is 11.8 Å². The monoisotopic (exact) mass is 538 g/mol. The normalized spacial score (nSPS) is 17.2. The van der Waals surface area contributed by atoms with Gasteiger partial charge in [-0.1, -0.05) is 11.6 Å². The van der Waals surface area contributed by atoms with Gasteiger partial charge in [0.2, 0.25) is 5.43 Å². The van der Waals surface area contributed by atoms with Gasteiger partial charge in [0.15, 0.2) is 0 Å². The van der Waals surface area contributed by atoms with Gasteiger partial charge in [0.05, 0.1) is 22.2 Å². The van der Waals surface area contributed by atoms with E-state index < -0.39 is 23.3 Å². The van der Waals surface area contributed by atoms with Crippen LogP contribution in [0, 0.1) is 17.1 Å². The van der Waals surface area contributed by atoms with Crippen molar-refractivity contribution in [3.63, 3.8) is 0 Å². The first kappa shape index (κ1) is 26.2. The zero-order valence-corrected chi connectivity index (χ0v) is 21.5. The summed E-state index contributed by atoms with van der Waals surface area (Å²) < 4.78 is 21.6. The summed E-state index contributed by atoms with van der Waals surface area (Å²) in [6, 6.07) is 11.4. The van der Waals surface area contributed by atoms with E-state index >= 15 is 0 Å². The van der Waals surface area contributed by atoms with Gasteiger partial charge in [-0.15, -0.1) is 0 Å². The fourth-order valence-electron chi connectivity index (χ4n) is 4.85. The molecular formula is C28H28ClFN4O4. The molecule has 2 heterocycles. The van der Waals surface area contributed by atoms with E-state index in [-0.39, 0.29) is 34.7 Å². The number of ether oxygens (including phenoxy) is 1. The van der Waals surface area contributed by atoms with Gasteiger partial charge in [-0.25, -0.2) is 4.39 Å². The molecule has 2 fully saturated rings. The van der Waals surface area contributed by atoms with Crippen LogP contribution in [-0.2, 0) is 0 Å². The van der Waals surface area contributed by atoms with E-state index in [1.165, 1.54) is 6.07 Å². The first-order valence-corrected chi connectivity index (χ1v) is 13.1. The third-order valence-electron chi connectivity index (χ3n) is 7.08. The predicted octanol–water partition coefficient (Wildman–Crippen LogP) is 3.63. The number of fused-ring (bicyclic) bond motifs is 1. The van der Waals surface area contributed by atoms with E-state index in [1.54, 1.807) is 30.5 Å². The van der Waals surface area contributed by atoms with Gasteiger partial charge < -0.3 is 24.6 Å². The minimum atomic E-state index is -0.691. The van der Waals surface area contributed by atoms with E-state index in [9.17, 15) is 19.1 Å². The average Bonchev–Trinajstić information content (AvgIpc) is 3.76. The minimum absolute atomic E-state index is 0.00363. The summed E-state index contributed by atoms with van der Waals surface area (Å²) in [6.07, 6.45) is 4.08. The Morgan fingerprint density at radius 3 is 2.58 bits per heavy atom. The number of likely N-dealkylation sites (tertiary alicyclic amines) is 1. The van der Waals surface area contributed by atoms with Crippen molar-refractivity contribution in [1.82, 2.24) is 14.8 Å². The summed E-state index contributed by atoms with van der Waals surface area (Å²) in [4.78, 5) is 28.3. The highest BCUT2D eigenvalue weighted by atomic mass is 35.5. The van der Waals surface area contributed by atoms with E-state index in [0.717, 1.165) is 18.9 Å². The Kier molecular flexibility index (Phi) is 7.65. The van der Waals surface area contributed by atoms with Crippen LogP contribution in [0.5, 0.6) is 5.75 Å². The van der Waals surface area contributed by atoms with Crippen LogP contribution >= 0.6 is 11.6 Å². The number of aromatic nitrogens is 1. The highest BCUT2D eigenvalue weighted by Crippen LogP contribution is 2.37. The van der Waals surface area contributed by atoms with Crippen LogP contribution in [0.2, 0.25) is 5.02 Å². The standard InChI is InChI=1S/C28H28ClFN4O4/c29-24-12-26-22(11-25(24)30)27(36)23(15-34(26)19-3-4-19)28(37)32-18-7-9-33(10-8-18)14-20(35)16-38-21-5-1-17(13-31)2-6-21/h1-2,5-6,11-12,15,18-20,35H,3-4,7-10,14,16H2,(H,32,37). The van der Waals surface area contributed by atoms with Gasteiger partial charge in [0, 0.05) is 43.3 Å². The maximum atomic E-state index is 14.2. The Hall–Kier alpha value is -3.45. The number of nitrogens with one attached hydrogen (secondary N) is 1. The molecule has 0 radical (unpaired) electrons. The quantitative estimate of drug-likeness (QED) is 0.453. The fourth-order valence-corrected chi connectivity index (χ4v) is 5.01. The number of hydrogen-bond acceptors (Lipinski definition) is 6. The Morgan fingerprint density at radius 1 is 1.21 bits per heavy atom. The lowest BCUT2D eigenvalue weighted by molar-refractivity contribution is 0.0567. The molecule has 0 spiro atoms. The SMILES string of the molecule is N#Cc1ccc(OCC(O)CN2CCC(NC(=O)c3cn(C4CC4)c4cc(Cl)c(F)cc4c3=O)CC2)cc1. The summed E-state index contributed by atoms with van der Waals surface area (Å²) in [6.45, 7) is 1.91. The molecule has 2 N–H and O–H groups in total. The summed E-state index contributed by atoms with van der Waals surface area (Å²) in [7, 11) is 0. The van der Waals surface area contributed by atoms with Crippen molar-refractivity contribution >= 4 is 28.4 Å². The molecule has 1 atom stereocenters. The molecule has 1 aliphatic heterocycles. The molecule has 2 aliphatic rings. The molecule has 1 unspecified atom stereocenters. The maximum absolute atomic E-state index is 14.2. The molecule has 0 bridgehead atoms. The van der Waals surface area contributed by atoms with Crippen LogP contribution in [-0.4, -0.2) is 58.9 Å². The molecule has 198 valence electrons. The Labute approximate surface area is 224 Å². The third-order valence-corrected chi connectivity index (χ3v) is 7.37. The largest absolute Gasteiger partial charge is 0.491 e. The van der Waals surface area contributed by atoms with E-state index in [2.05, 4.69) is 10.2 Å². The molecule has 1 aliphatic carbocycles. The average molecular weight is 539 g/mol. The van der Waals surface area contributed by atoms with Gasteiger partial charge >= 0.3 is 0 Å². The van der Waals surface area contributed by atoms with Crippen molar-refractivity contribution in [1.29, 1.82) is 5.26 Å². The lowest BCUT2D eigenvalue weighted by atomic mass is 10.0. The molecule has 1 amide bonds. The van der Waals surface area contributed by atoms with Gasteiger partial charge in [-0.3, -0.25) is 9.59 Å². The van der Waals surface area contributed by atoms with Gasteiger partial charge in [0.1, 0.15) is 29.8 Å². The topological polar surface area (TPSA) is 108 Å². The number of piperidine rings is 1. The van der Waals surface area contributed by atoms with Crippen molar-refractivity contribution in [2.45, 2.75) is 43.9 Å². The lowest BCUT2D eigenvalue weighted by Crippen LogP contribution is -2.47. The zero-order chi connectivity index (χ0) is 26.8. The highest BCUT2D eigenvalue weighted by molar-refractivity contribution is 6.31. The van der Waals surface area contributed by atoms with Crippen molar-refractivity contribution < 1.29 is 19.0 Å². The van der Waals surface area contributed by atoms with Crippen LogP contribution < -0.4 is 15.5 Å². The van der Waals surface area contributed by atoms with Crippen LogP contribution in [0.3, 0.4) is 0 Å². The molecule has 1 saturated heterocycles. The molecule has 2 aromatic carbocycles. The molecule has 1 saturated carbocycles. The molecule has 5 rings (SSSR count). The Balaban J connectivity index is 1.16. The number of hydrogen-bond donors (Lipinski definition) is 2. The summed E-state index contributed by atoms with van der Waals surface area (Å²) in [5, 5.41) is 22.3. The summed E-state index contributed by atoms with van der Waals surface area (Å²) >= 11 is 5.96. The fraction of sp³-hybridized carbons (Fsp3) is 0.393. The number of nitriles is 1. The molecule has 38 heavy (non-hydrogen) atoms. The van der Waals surface area contributed by atoms with E-state index in [0.29, 0.717) is 49.3 Å². The number of nitrogens with zero attached hydrogens (tertiary/aromatic N) is 3. The predicted molar refractivity (Wildman–Crippen MR) is 141 cm³/mol. The maximum Gasteiger partial charge on any atom is 0.256 e. The third kappa shape index (κ3) is 5.83. The van der Waals surface area contributed by atoms with Crippen molar-refractivity contribution in [3.05, 3.63) is 74.8 Å². The number of amides is 1. The second-order valence-corrected chi connectivity index (χ2v) is 10.4. The van der Waals surface area contributed by atoms with Crippen molar-refractivity contribution in [2.75, 3.05) is 26.2 Å². The van der Waals surface area contributed by atoms with Crippen molar-refractivity contribution in [2.24, 2.45) is 0 Å². The van der Waals surface area contributed by atoms with Gasteiger partial charge in [0.25, 0.3) is 5.91 Å². The molecular weight excluding hydrogens is 511 g/mol. The second-order valence-electron chi connectivity index (χ2n) is 9.94. The van der Waals surface area contributed by atoms with Gasteiger partial charge in [-0.05, 0) is 62.1 Å². The Bertz CT molecular complexity index is 1440. The second kappa shape index (κ2) is 11.1. The Morgan fingerprint density at radius 2 is 1.92 bits per heavy atom. The van der Waals surface area contributed by atoms with E-state index in [4.69, 9.17) is 21.6 Å². The number of halogens is 2. The molecule has 8 nitrogen and oxygen atoms in total. The first-order valence-electron chi connectivity index (χ1n) is 12.7. The number of carbonyl (C=O) groups is 1. The molecule has 10 heteroatoms. The summed E-state index contributed by atoms with van der Waals surface area (Å²) in [5.41, 5.74) is 0.577. The van der Waals surface area contributed by atoms with Crippen LogP contribution in [0.15, 0.2) is 47.4 Å². The number of rotatable bonds is 8. The van der Waals surface area contributed by atoms with E-state index in [1.807, 2.05) is 10.6 Å². The number of pyridine rings is 1. The van der Waals surface area contributed by atoms with Crippen LogP contribution in [0.1, 0.15) is 47.6 Å². The van der Waals surface area contributed by atoms with Crippen LogP contribution in [0.25, 0.3) is 10.9 Å². The highest BCUT2D eigenvalue weighted by Gasteiger charge is 2.29. The lowest BCUT2D eigenvalue weighted by Gasteiger charge is -2.33. The molecule has 3 aromatic rings. The molecule has 1 aromatic heterocycles. The number of benzene rings is 2. The smallest absolute Gasteiger partial charge is 0.256 e. The number of carbonyl (C=O) groups excluding carboxylic acids is 1. The number of β-amino-alcohol motifs (C(OH)–C–C–N with tert-alkyl or cyclic N) is 1. The number of aliphatic hydroxyl groups excluding tert-OH is 1.